The molecule has 0 aliphatic heterocycles. The number of amides is 1. The quantitative estimate of drug-likeness (QED) is 0.750. The number of carboxylic acids is 1. The van der Waals surface area contributed by atoms with Gasteiger partial charge in [-0.15, -0.1) is 0 Å². The van der Waals surface area contributed by atoms with E-state index in [-0.39, 0.29) is 29.7 Å². The van der Waals surface area contributed by atoms with Crippen molar-refractivity contribution in [3.8, 4) is 0 Å². The fraction of sp³-hybridized carbons (Fsp3) is 0.500. The van der Waals surface area contributed by atoms with Gasteiger partial charge < -0.3 is 14.8 Å². The van der Waals surface area contributed by atoms with Crippen molar-refractivity contribution >= 4 is 21.9 Å². The molecule has 1 heterocycles. The molecule has 0 aliphatic carbocycles. The molecule has 0 aromatic carbocycles. The molecule has 0 saturated heterocycles. The molecule has 8 nitrogen and oxygen atoms in total. The first-order chi connectivity index (χ1) is 9.64. The lowest BCUT2D eigenvalue weighted by Crippen LogP contribution is -2.29. The fourth-order valence-corrected chi connectivity index (χ4v) is 2.28. The first-order valence-electron chi connectivity index (χ1n) is 6.17. The summed E-state index contributed by atoms with van der Waals surface area (Å²) in [6, 6.07) is 2.46. The highest BCUT2D eigenvalue weighted by Gasteiger charge is 2.23. The van der Waals surface area contributed by atoms with Crippen molar-refractivity contribution in [3.63, 3.8) is 0 Å². The molecule has 1 rings (SSSR count). The summed E-state index contributed by atoms with van der Waals surface area (Å²) < 4.78 is 29.6. The van der Waals surface area contributed by atoms with Gasteiger partial charge in [0.15, 0.2) is 5.76 Å². The first-order valence-corrected chi connectivity index (χ1v) is 7.61. The summed E-state index contributed by atoms with van der Waals surface area (Å²) in [5.74, 6) is -1.93. The first kappa shape index (κ1) is 17.2. The predicted octanol–water partition coefficient (Wildman–Crippen LogP) is 0.371. The van der Waals surface area contributed by atoms with Gasteiger partial charge in [-0.1, -0.05) is 6.92 Å². The summed E-state index contributed by atoms with van der Waals surface area (Å²) in [6.45, 7) is 1.83. The number of sulfonamides is 1. The van der Waals surface area contributed by atoms with Crippen molar-refractivity contribution in [1.29, 1.82) is 0 Å². The number of furan rings is 1. The number of nitrogens with zero attached hydrogens (tertiary/aromatic N) is 1. The number of carbonyl (C=O) groups excluding carboxylic acids is 1. The fourth-order valence-electron chi connectivity index (χ4n) is 1.49. The molecule has 0 aliphatic rings. The summed E-state index contributed by atoms with van der Waals surface area (Å²) in [4.78, 5) is 22.3. The van der Waals surface area contributed by atoms with Gasteiger partial charge in [-0.2, -0.15) is 0 Å². The topological polar surface area (TPSA) is 117 Å². The molecule has 1 aromatic rings. The molecule has 0 spiro atoms. The smallest absolute Gasteiger partial charge is 0.303 e. The van der Waals surface area contributed by atoms with Gasteiger partial charge in [0.25, 0.3) is 15.9 Å². The van der Waals surface area contributed by atoms with E-state index >= 15 is 0 Å². The molecule has 0 fully saturated rings. The van der Waals surface area contributed by atoms with Crippen molar-refractivity contribution in [2.75, 3.05) is 20.6 Å². The Bertz CT molecular complexity index is 619. The number of carbonyl (C=O) groups is 2. The van der Waals surface area contributed by atoms with E-state index in [0.717, 1.165) is 4.31 Å². The highest BCUT2D eigenvalue weighted by Crippen LogP contribution is 2.16. The molecular formula is C12H18N2O6S. The van der Waals surface area contributed by atoms with Crippen LogP contribution in [0.15, 0.2) is 21.6 Å². The molecular weight excluding hydrogens is 300 g/mol. The van der Waals surface area contributed by atoms with Crippen LogP contribution in [-0.4, -0.2) is 50.3 Å². The third kappa shape index (κ3) is 4.57. The molecule has 118 valence electrons. The van der Waals surface area contributed by atoms with Crippen LogP contribution >= 0.6 is 0 Å². The molecule has 21 heavy (non-hydrogen) atoms. The average molecular weight is 318 g/mol. The van der Waals surface area contributed by atoms with Gasteiger partial charge >= 0.3 is 5.97 Å². The van der Waals surface area contributed by atoms with E-state index in [1.54, 1.807) is 6.92 Å². The van der Waals surface area contributed by atoms with E-state index in [0.29, 0.717) is 0 Å². The van der Waals surface area contributed by atoms with Crippen LogP contribution in [0.5, 0.6) is 0 Å². The van der Waals surface area contributed by atoms with Crippen LogP contribution in [0, 0.1) is 5.92 Å². The van der Waals surface area contributed by atoms with Crippen LogP contribution in [0.1, 0.15) is 23.9 Å². The van der Waals surface area contributed by atoms with Crippen LogP contribution in [-0.2, 0) is 14.8 Å². The monoisotopic (exact) mass is 318 g/mol. The Balaban J connectivity index is 2.69. The standard InChI is InChI=1S/C12H18N2O6S/c1-8(6-10(15)16)7-13-12(17)9-4-5-11(20-9)21(18,19)14(2)3/h4-5,8H,6-7H2,1-3H3,(H,13,17)(H,15,16). The van der Waals surface area contributed by atoms with Crippen LogP contribution in [0.4, 0.5) is 0 Å². The molecule has 1 unspecified atom stereocenters. The molecule has 9 heteroatoms. The third-order valence-electron chi connectivity index (χ3n) is 2.67. The van der Waals surface area contributed by atoms with Gasteiger partial charge in [0, 0.05) is 27.1 Å². The maximum atomic E-state index is 11.8. The summed E-state index contributed by atoms with van der Waals surface area (Å²) >= 11 is 0. The van der Waals surface area contributed by atoms with Crippen molar-refractivity contribution in [1.82, 2.24) is 9.62 Å². The van der Waals surface area contributed by atoms with Gasteiger partial charge in [-0.25, -0.2) is 12.7 Å². The van der Waals surface area contributed by atoms with Crippen LogP contribution in [0.25, 0.3) is 0 Å². The Kier molecular flexibility index (Phi) is 5.50. The Morgan fingerprint density at radius 3 is 2.52 bits per heavy atom. The maximum absolute atomic E-state index is 11.8. The summed E-state index contributed by atoms with van der Waals surface area (Å²) in [5.41, 5.74) is 0. The van der Waals surface area contributed by atoms with E-state index in [2.05, 4.69) is 5.32 Å². The van der Waals surface area contributed by atoms with Crippen molar-refractivity contribution in [2.45, 2.75) is 18.4 Å². The van der Waals surface area contributed by atoms with Gasteiger partial charge in [-0.05, 0) is 18.1 Å². The van der Waals surface area contributed by atoms with Crippen LogP contribution < -0.4 is 5.32 Å². The Hall–Kier alpha value is -1.87. The third-order valence-corrected chi connectivity index (χ3v) is 4.36. The lowest BCUT2D eigenvalue weighted by molar-refractivity contribution is -0.137. The predicted molar refractivity (Wildman–Crippen MR) is 73.3 cm³/mol. The zero-order valence-corrected chi connectivity index (χ0v) is 12.8. The van der Waals surface area contributed by atoms with Gasteiger partial charge in [-0.3, -0.25) is 9.59 Å². The Labute approximate surface area is 122 Å². The number of carboxylic acid groups (broad SMARTS) is 1. The zero-order chi connectivity index (χ0) is 16.2. The highest BCUT2D eigenvalue weighted by molar-refractivity contribution is 7.88. The minimum absolute atomic E-state index is 0.0707. The summed E-state index contributed by atoms with van der Waals surface area (Å²) in [5, 5.41) is 10.8. The second-order valence-electron chi connectivity index (χ2n) is 4.82. The van der Waals surface area contributed by atoms with Crippen LogP contribution in [0.3, 0.4) is 0 Å². The SMILES string of the molecule is CC(CNC(=O)c1ccc(S(=O)(=O)N(C)C)o1)CC(=O)O. The normalized spacial score (nSPS) is 13.1. The van der Waals surface area contributed by atoms with Crippen molar-refractivity contribution in [2.24, 2.45) is 5.92 Å². The summed E-state index contributed by atoms with van der Waals surface area (Å²) in [7, 11) is -1.02. The largest absolute Gasteiger partial charge is 0.481 e. The van der Waals surface area contributed by atoms with E-state index < -0.39 is 21.9 Å². The maximum Gasteiger partial charge on any atom is 0.303 e. The molecule has 1 amide bonds. The van der Waals surface area contributed by atoms with Gasteiger partial charge in [0.2, 0.25) is 5.09 Å². The molecule has 0 saturated carbocycles. The zero-order valence-electron chi connectivity index (χ0n) is 12.0. The Morgan fingerprint density at radius 1 is 1.38 bits per heavy atom. The number of aliphatic carboxylic acids is 1. The molecule has 1 atom stereocenters. The van der Waals surface area contributed by atoms with E-state index in [1.165, 1.54) is 26.2 Å². The van der Waals surface area contributed by atoms with E-state index in [1.807, 2.05) is 0 Å². The van der Waals surface area contributed by atoms with E-state index in [4.69, 9.17) is 9.52 Å². The minimum Gasteiger partial charge on any atom is -0.481 e. The number of hydrogen-bond donors (Lipinski definition) is 2. The average Bonchev–Trinajstić information content (AvgIpc) is 2.85. The van der Waals surface area contributed by atoms with Crippen molar-refractivity contribution < 1.29 is 27.5 Å². The molecule has 0 bridgehead atoms. The number of hydrogen-bond acceptors (Lipinski definition) is 5. The lowest BCUT2D eigenvalue weighted by atomic mass is 10.1. The number of nitrogens with one attached hydrogen (secondary N) is 1. The molecule has 2 N–H and O–H groups in total. The second-order valence-corrected chi connectivity index (χ2v) is 6.90. The highest BCUT2D eigenvalue weighted by atomic mass is 32.2. The Morgan fingerprint density at radius 2 is 2.00 bits per heavy atom. The van der Waals surface area contributed by atoms with E-state index in [9.17, 15) is 18.0 Å². The number of rotatable bonds is 7. The van der Waals surface area contributed by atoms with Gasteiger partial charge in [0.05, 0.1) is 0 Å². The molecule has 0 radical (unpaired) electrons. The summed E-state index contributed by atoms with van der Waals surface area (Å²) in [6.07, 6.45) is -0.0707. The lowest BCUT2D eigenvalue weighted by Gasteiger charge is -2.09. The second kappa shape index (κ2) is 6.72. The molecule has 1 aromatic heterocycles. The minimum atomic E-state index is -3.73. The van der Waals surface area contributed by atoms with Crippen molar-refractivity contribution in [3.05, 3.63) is 17.9 Å². The van der Waals surface area contributed by atoms with Crippen LogP contribution in [0.2, 0.25) is 0 Å². The van der Waals surface area contributed by atoms with Gasteiger partial charge in [0.1, 0.15) is 0 Å².